The normalized spacial score (nSPS) is 44.5. The molecule has 27 heavy (non-hydrogen) atoms. The summed E-state index contributed by atoms with van der Waals surface area (Å²) < 4.78 is 10.9. The fraction of sp³-hybridized carbons (Fsp3) is 0.700. The summed E-state index contributed by atoms with van der Waals surface area (Å²) in [5.74, 6) is -3.58. The van der Waals surface area contributed by atoms with Crippen LogP contribution in [0.5, 0.6) is 0 Å². The number of hydrogen-bond donors (Lipinski definition) is 3. The SMILES string of the molecule is CC=C(C)C(=O)OC1C2=C(C)C(=O)OC2(O)CC2(O)C(O)CCC(C)C12C. The van der Waals surface area contributed by atoms with E-state index in [2.05, 4.69) is 0 Å². The smallest absolute Gasteiger partial charge is 0.336 e. The molecule has 6 unspecified atom stereocenters. The van der Waals surface area contributed by atoms with Crippen LogP contribution in [0.1, 0.15) is 53.9 Å². The van der Waals surface area contributed by atoms with Gasteiger partial charge < -0.3 is 24.8 Å². The summed E-state index contributed by atoms with van der Waals surface area (Å²) in [6.45, 7) is 8.47. The van der Waals surface area contributed by atoms with Gasteiger partial charge in [-0.25, -0.2) is 9.59 Å². The highest BCUT2D eigenvalue weighted by Gasteiger charge is 2.72. The number of aliphatic hydroxyl groups is 3. The van der Waals surface area contributed by atoms with Crippen molar-refractivity contribution in [2.45, 2.75) is 77.5 Å². The Morgan fingerprint density at radius 2 is 1.96 bits per heavy atom. The van der Waals surface area contributed by atoms with Gasteiger partial charge in [-0.2, -0.15) is 0 Å². The average molecular weight is 380 g/mol. The van der Waals surface area contributed by atoms with E-state index in [0.717, 1.165) is 0 Å². The van der Waals surface area contributed by atoms with Gasteiger partial charge in [0.1, 0.15) is 11.7 Å². The standard InChI is InChI=1S/C20H28O7/c1-6-10(2)16(22)26-15-14-12(4)17(23)27-20(14,25)9-19(24)13(21)8-7-11(3)18(15,19)5/h6,11,13,15,21,24-25H,7-9H2,1-5H3. The van der Waals surface area contributed by atoms with Crippen molar-refractivity contribution in [1.29, 1.82) is 0 Å². The van der Waals surface area contributed by atoms with Crippen molar-refractivity contribution < 1.29 is 34.4 Å². The maximum atomic E-state index is 12.6. The third kappa shape index (κ3) is 2.52. The van der Waals surface area contributed by atoms with E-state index in [1.807, 2.05) is 6.92 Å². The Morgan fingerprint density at radius 3 is 2.56 bits per heavy atom. The van der Waals surface area contributed by atoms with Crippen LogP contribution in [-0.2, 0) is 19.1 Å². The van der Waals surface area contributed by atoms with Gasteiger partial charge in [-0.05, 0) is 39.5 Å². The lowest BCUT2D eigenvalue weighted by Gasteiger charge is -2.62. The molecule has 3 rings (SSSR count). The topological polar surface area (TPSA) is 113 Å². The van der Waals surface area contributed by atoms with Gasteiger partial charge in [-0.15, -0.1) is 0 Å². The molecule has 0 aromatic rings. The molecule has 0 amide bonds. The number of ether oxygens (including phenoxy) is 2. The van der Waals surface area contributed by atoms with Gasteiger partial charge in [-0.3, -0.25) is 0 Å². The van der Waals surface area contributed by atoms with Crippen molar-refractivity contribution in [1.82, 2.24) is 0 Å². The van der Waals surface area contributed by atoms with Gasteiger partial charge in [0.25, 0.3) is 0 Å². The van der Waals surface area contributed by atoms with E-state index in [-0.39, 0.29) is 23.5 Å². The van der Waals surface area contributed by atoms with E-state index in [4.69, 9.17) is 9.47 Å². The molecule has 1 heterocycles. The van der Waals surface area contributed by atoms with Crippen molar-refractivity contribution in [2.24, 2.45) is 11.3 Å². The Kier molecular flexibility index (Phi) is 4.57. The van der Waals surface area contributed by atoms with E-state index in [1.54, 1.807) is 26.8 Å². The summed E-state index contributed by atoms with van der Waals surface area (Å²) in [5, 5.41) is 33.2. The Morgan fingerprint density at radius 1 is 1.33 bits per heavy atom. The van der Waals surface area contributed by atoms with Crippen molar-refractivity contribution in [3.05, 3.63) is 22.8 Å². The molecule has 0 bridgehead atoms. The zero-order chi connectivity index (χ0) is 20.4. The molecule has 2 fully saturated rings. The molecule has 0 aromatic carbocycles. The first-order valence-corrected chi connectivity index (χ1v) is 9.33. The van der Waals surface area contributed by atoms with E-state index in [9.17, 15) is 24.9 Å². The zero-order valence-electron chi connectivity index (χ0n) is 16.4. The van der Waals surface area contributed by atoms with Gasteiger partial charge in [0.15, 0.2) is 0 Å². The molecule has 0 aromatic heterocycles. The van der Waals surface area contributed by atoms with Gasteiger partial charge in [-0.1, -0.05) is 19.9 Å². The van der Waals surface area contributed by atoms with Crippen LogP contribution < -0.4 is 0 Å². The predicted octanol–water partition coefficient (Wildman–Crippen LogP) is 1.36. The fourth-order valence-electron chi connectivity index (χ4n) is 4.91. The van der Waals surface area contributed by atoms with Crippen LogP contribution in [0.15, 0.2) is 22.8 Å². The molecule has 0 saturated heterocycles. The van der Waals surface area contributed by atoms with Gasteiger partial charge >= 0.3 is 11.9 Å². The van der Waals surface area contributed by atoms with Gasteiger partial charge in [0, 0.05) is 23.0 Å². The fourth-order valence-corrected chi connectivity index (χ4v) is 4.91. The highest BCUT2D eigenvalue weighted by Crippen LogP contribution is 2.62. The monoisotopic (exact) mass is 380 g/mol. The minimum Gasteiger partial charge on any atom is -0.453 e. The maximum Gasteiger partial charge on any atom is 0.336 e. The molecule has 0 spiro atoms. The summed E-state index contributed by atoms with van der Waals surface area (Å²) in [7, 11) is 0. The second-order valence-electron chi connectivity index (χ2n) is 8.35. The summed E-state index contributed by atoms with van der Waals surface area (Å²) in [6.07, 6.45) is -0.0763. The minimum absolute atomic E-state index is 0.143. The van der Waals surface area contributed by atoms with Crippen molar-refractivity contribution in [2.75, 3.05) is 0 Å². The van der Waals surface area contributed by atoms with E-state index in [1.165, 1.54) is 6.92 Å². The average Bonchev–Trinajstić information content (AvgIpc) is 2.82. The molecular weight excluding hydrogens is 352 g/mol. The van der Waals surface area contributed by atoms with Crippen LogP contribution in [-0.4, -0.2) is 50.9 Å². The van der Waals surface area contributed by atoms with Crippen molar-refractivity contribution in [3.63, 3.8) is 0 Å². The van der Waals surface area contributed by atoms with Crippen LogP contribution >= 0.6 is 0 Å². The van der Waals surface area contributed by atoms with Crippen molar-refractivity contribution in [3.8, 4) is 0 Å². The molecule has 6 atom stereocenters. The van der Waals surface area contributed by atoms with Crippen LogP contribution in [0, 0.1) is 11.3 Å². The van der Waals surface area contributed by atoms with Crippen molar-refractivity contribution >= 4 is 11.9 Å². The Balaban J connectivity index is 2.22. The molecule has 150 valence electrons. The van der Waals surface area contributed by atoms with Gasteiger partial charge in [0.2, 0.25) is 5.79 Å². The highest BCUT2D eigenvalue weighted by atomic mass is 16.7. The lowest BCUT2D eigenvalue weighted by atomic mass is 9.49. The predicted molar refractivity (Wildman–Crippen MR) is 95.1 cm³/mol. The van der Waals surface area contributed by atoms with Gasteiger partial charge in [0.05, 0.1) is 11.7 Å². The number of allylic oxidation sites excluding steroid dienone is 1. The van der Waals surface area contributed by atoms with Crippen LogP contribution in [0.4, 0.5) is 0 Å². The number of rotatable bonds is 2. The van der Waals surface area contributed by atoms with E-state index < -0.39 is 40.9 Å². The molecule has 0 radical (unpaired) electrons. The summed E-state index contributed by atoms with van der Waals surface area (Å²) in [4.78, 5) is 24.8. The third-order valence-electron chi connectivity index (χ3n) is 7.07. The summed E-state index contributed by atoms with van der Waals surface area (Å²) in [6, 6.07) is 0. The molecule has 2 saturated carbocycles. The molecule has 7 nitrogen and oxygen atoms in total. The Bertz CT molecular complexity index is 753. The summed E-state index contributed by atoms with van der Waals surface area (Å²) >= 11 is 0. The maximum absolute atomic E-state index is 12.6. The first-order valence-electron chi connectivity index (χ1n) is 9.33. The number of hydrogen-bond acceptors (Lipinski definition) is 7. The number of fused-ring (bicyclic) bond motifs is 2. The molecule has 2 aliphatic carbocycles. The highest BCUT2D eigenvalue weighted by molar-refractivity contribution is 5.93. The lowest BCUT2D eigenvalue weighted by Crippen LogP contribution is -2.72. The lowest BCUT2D eigenvalue weighted by molar-refractivity contribution is -0.299. The van der Waals surface area contributed by atoms with Crippen LogP contribution in [0.3, 0.4) is 0 Å². The zero-order valence-corrected chi connectivity index (χ0v) is 16.4. The van der Waals surface area contributed by atoms with E-state index in [0.29, 0.717) is 18.4 Å². The molecule has 3 aliphatic rings. The quantitative estimate of drug-likeness (QED) is 0.490. The molecule has 7 heteroatoms. The first-order chi connectivity index (χ1) is 12.4. The van der Waals surface area contributed by atoms with Crippen LogP contribution in [0.2, 0.25) is 0 Å². The second kappa shape index (κ2) is 6.15. The second-order valence-corrected chi connectivity index (χ2v) is 8.35. The number of esters is 2. The third-order valence-corrected chi connectivity index (χ3v) is 7.07. The number of carbonyl (C=O) groups excluding carboxylic acids is 2. The first kappa shape index (κ1) is 20.0. The van der Waals surface area contributed by atoms with E-state index >= 15 is 0 Å². The Labute approximate surface area is 158 Å². The number of carbonyl (C=O) groups is 2. The molecule has 1 aliphatic heterocycles. The Hall–Kier alpha value is -1.70. The molecule has 3 N–H and O–H groups in total. The van der Waals surface area contributed by atoms with Crippen LogP contribution in [0.25, 0.3) is 0 Å². The summed E-state index contributed by atoms with van der Waals surface area (Å²) in [5.41, 5.74) is -2.20. The minimum atomic E-state index is -2.11. The molecular formula is C20H28O7. The number of aliphatic hydroxyl groups excluding tert-OH is 1. The largest absolute Gasteiger partial charge is 0.453 e.